The molecule has 0 aliphatic rings. The number of hydrogen-bond donors (Lipinski definition) is 1. The quantitative estimate of drug-likeness (QED) is 0.660. The Balaban J connectivity index is 2.90. The highest BCUT2D eigenvalue weighted by Gasteiger charge is 2.39. The molecule has 0 aliphatic carbocycles. The van der Waals surface area contributed by atoms with Crippen LogP contribution in [0.15, 0.2) is 29.2 Å². The van der Waals surface area contributed by atoms with Crippen molar-refractivity contribution in [2.24, 2.45) is 0 Å². The molecule has 90 valence electrons. The molecule has 7 heteroatoms. The summed E-state index contributed by atoms with van der Waals surface area (Å²) in [5.41, 5.74) is -0.446. The van der Waals surface area contributed by atoms with E-state index < -0.39 is 23.6 Å². The summed E-state index contributed by atoms with van der Waals surface area (Å²) < 4.78 is 60.3. The third-order valence-corrected chi connectivity index (χ3v) is 2.41. The van der Waals surface area contributed by atoms with Crippen LogP contribution in [0.1, 0.15) is 11.7 Å². The van der Waals surface area contributed by atoms with Gasteiger partial charge in [-0.1, -0.05) is 23.9 Å². The molecule has 1 rings (SSSR count). The largest absolute Gasteiger partial charge is 0.418 e. The summed E-state index contributed by atoms with van der Waals surface area (Å²) in [7, 11) is 0. The summed E-state index contributed by atoms with van der Waals surface area (Å²) in [5, 5.41) is 8.89. The SMILES string of the molecule is O[C@H](c1cccc(SC(F)F)c1)C(F)(F)F. The fourth-order valence-corrected chi connectivity index (χ4v) is 1.62. The van der Waals surface area contributed by atoms with Crippen molar-refractivity contribution in [1.29, 1.82) is 0 Å². The summed E-state index contributed by atoms with van der Waals surface area (Å²) >= 11 is 0.129. The van der Waals surface area contributed by atoms with Crippen molar-refractivity contribution in [3.8, 4) is 0 Å². The molecule has 1 N–H and O–H groups in total. The lowest BCUT2D eigenvalue weighted by atomic mass is 10.1. The molecule has 1 atom stereocenters. The van der Waals surface area contributed by atoms with Gasteiger partial charge in [-0.2, -0.15) is 22.0 Å². The molecule has 16 heavy (non-hydrogen) atoms. The van der Waals surface area contributed by atoms with E-state index in [1.807, 2.05) is 0 Å². The molecule has 0 radical (unpaired) electrons. The van der Waals surface area contributed by atoms with E-state index in [1.54, 1.807) is 0 Å². The number of thioether (sulfide) groups is 1. The zero-order chi connectivity index (χ0) is 12.3. The molecule has 0 heterocycles. The van der Waals surface area contributed by atoms with Crippen molar-refractivity contribution in [3.63, 3.8) is 0 Å². The molecule has 0 saturated heterocycles. The van der Waals surface area contributed by atoms with E-state index in [9.17, 15) is 22.0 Å². The number of aliphatic hydroxyl groups excluding tert-OH is 1. The second kappa shape index (κ2) is 5.01. The molecular weight excluding hydrogens is 251 g/mol. The average Bonchev–Trinajstić information content (AvgIpc) is 2.14. The fraction of sp³-hybridized carbons (Fsp3) is 0.333. The molecule has 0 aromatic heterocycles. The van der Waals surface area contributed by atoms with Crippen LogP contribution in [0, 0.1) is 0 Å². The van der Waals surface area contributed by atoms with Gasteiger partial charge in [-0.25, -0.2) is 0 Å². The predicted molar refractivity (Wildman–Crippen MR) is 49.3 cm³/mol. The Morgan fingerprint density at radius 3 is 2.31 bits per heavy atom. The first-order valence-electron chi connectivity index (χ1n) is 4.10. The third-order valence-electron chi connectivity index (χ3n) is 1.71. The molecule has 0 saturated carbocycles. The van der Waals surface area contributed by atoms with E-state index in [0.717, 1.165) is 12.1 Å². The monoisotopic (exact) mass is 258 g/mol. The molecular formula is C9H7F5OS. The normalized spacial score (nSPS) is 14.2. The van der Waals surface area contributed by atoms with Crippen LogP contribution in [0.25, 0.3) is 0 Å². The maximum atomic E-state index is 12.1. The molecule has 0 fully saturated rings. The minimum Gasteiger partial charge on any atom is -0.379 e. The van der Waals surface area contributed by atoms with Crippen molar-refractivity contribution >= 4 is 11.8 Å². The maximum Gasteiger partial charge on any atom is 0.418 e. The van der Waals surface area contributed by atoms with Gasteiger partial charge in [0.1, 0.15) is 0 Å². The van der Waals surface area contributed by atoms with Gasteiger partial charge in [0.25, 0.3) is 5.76 Å². The van der Waals surface area contributed by atoms with Gasteiger partial charge in [0.15, 0.2) is 6.10 Å². The minimum atomic E-state index is -4.80. The topological polar surface area (TPSA) is 20.2 Å². The van der Waals surface area contributed by atoms with Crippen molar-refractivity contribution < 1.29 is 27.1 Å². The van der Waals surface area contributed by atoms with Gasteiger partial charge in [0, 0.05) is 4.90 Å². The Bertz CT molecular complexity index is 352. The van der Waals surface area contributed by atoms with Gasteiger partial charge in [-0.05, 0) is 17.7 Å². The van der Waals surface area contributed by atoms with Crippen LogP contribution in [0.4, 0.5) is 22.0 Å². The standard InChI is InChI=1S/C9H7F5OS/c10-8(11)16-6-3-1-2-5(4-6)7(15)9(12,13)14/h1-4,7-8,15H/t7-/m1/s1. The van der Waals surface area contributed by atoms with Gasteiger partial charge in [0.05, 0.1) is 0 Å². The van der Waals surface area contributed by atoms with E-state index in [4.69, 9.17) is 5.11 Å². The predicted octanol–water partition coefficient (Wildman–Crippen LogP) is 3.60. The first-order valence-corrected chi connectivity index (χ1v) is 4.98. The highest BCUT2D eigenvalue weighted by molar-refractivity contribution is 7.99. The highest BCUT2D eigenvalue weighted by atomic mass is 32.2. The lowest BCUT2D eigenvalue weighted by molar-refractivity contribution is -0.206. The van der Waals surface area contributed by atoms with E-state index in [1.165, 1.54) is 12.1 Å². The van der Waals surface area contributed by atoms with E-state index in [2.05, 4.69) is 0 Å². The van der Waals surface area contributed by atoms with Gasteiger partial charge in [0.2, 0.25) is 0 Å². The Morgan fingerprint density at radius 1 is 1.19 bits per heavy atom. The smallest absolute Gasteiger partial charge is 0.379 e. The average molecular weight is 258 g/mol. The summed E-state index contributed by atoms with van der Waals surface area (Å²) in [6.45, 7) is 0. The molecule has 0 aliphatic heterocycles. The first-order chi connectivity index (χ1) is 7.30. The molecule has 1 aromatic carbocycles. The van der Waals surface area contributed by atoms with E-state index in [0.29, 0.717) is 0 Å². The molecule has 1 nitrogen and oxygen atoms in total. The minimum absolute atomic E-state index is 0.0178. The van der Waals surface area contributed by atoms with E-state index >= 15 is 0 Å². The lowest BCUT2D eigenvalue weighted by Crippen LogP contribution is -2.20. The van der Waals surface area contributed by atoms with Gasteiger partial charge < -0.3 is 5.11 Å². The van der Waals surface area contributed by atoms with Crippen LogP contribution >= 0.6 is 11.8 Å². The molecule has 0 amide bonds. The summed E-state index contributed by atoms with van der Waals surface area (Å²) in [6.07, 6.45) is -7.44. The maximum absolute atomic E-state index is 12.1. The second-order valence-corrected chi connectivity index (χ2v) is 3.96. The van der Waals surface area contributed by atoms with Crippen LogP contribution in [0.5, 0.6) is 0 Å². The number of benzene rings is 1. The van der Waals surface area contributed by atoms with Crippen LogP contribution < -0.4 is 0 Å². The molecule has 0 bridgehead atoms. The van der Waals surface area contributed by atoms with Crippen LogP contribution in [-0.4, -0.2) is 17.0 Å². The zero-order valence-electron chi connectivity index (χ0n) is 7.71. The van der Waals surface area contributed by atoms with Crippen molar-refractivity contribution in [2.75, 3.05) is 0 Å². The number of rotatable bonds is 3. The summed E-state index contributed by atoms with van der Waals surface area (Å²) in [5.74, 6) is -2.71. The van der Waals surface area contributed by atoms with Crippen molar-refractivity contribution in [1.82, 2.24) is 0 Å². The van der Waals surface area contributed by atoms with Crippen LogP contribution in [-0.2, 0) is 0 Å². The van der Waals surface area contributed by atoms with Crippen LogP contribution in [0.2, 0.25) is 0 Å². The number of aliphatic hydroxyl groups is 1. The molecule has 1 aromatic rings. The summed E-state index contributed by atoms with van der Waals surface area (Å²) in [6, 6.07) is 4.38. The Labute approximate surface area is 92.3 Å². The third kappa shape index (κ3) is 3.64. The van der Waals surface area contributed by atoms with E-state index in [-0.39, 0.29) is 16.7 Å². The Kier molecular flexibility index (Phi) is 4.15. The first kappa shape index (κ1) is 13.2. The number of alkyl halides is 5. The Hall–Kier alpha value is -0.820. The van der Waals surface area contributed by atoms with Gasteiger partial charge in [-0.3, -0.25) is 0 Å². The van der Waals surface area contributed by atoms with Crippen LogP contribution in [0.3, 0.4) is 0 Å². The second-order valence-electron chi connectivity index (χ2n) is 2.90. The summed E-state index contributed by atoms with van der Waals surface area (Å²) in [4.78, 5) is -0.0178. The molecule has 0 spiro atoms. The van der Waals surface area contributed by atoms with Crippen molar-refractivity contribution in [3.05, 3.63) is 29.8 Å². The Morgan fingerprint density at radius 2 is 1.81 bits per heavy atom. The fourth-order valence-electron chi connectivity index (χ4n) is 1.05. The van der Waals surface area contributed by atoms with Gasteiger partial charge >= 0.3 is 6.18 Å². The zero-order valence-corrected chi connectivity index (χ0v) is 8.53. The van der Waals surface area contributed by atoms with Crippen molar-refractivity contribution in [2.45, 2.75) is 22.9 Å². The lowest BCUT2D eigenvalue weighted by Gasteiger charge is -2.15. The number of hydrogen-bond acceptors (Lipinski definition) is 2. The highest BCUT2D eigenvalue weighted by Crippen LogP contribution is 2.34. The number of halogens is 5. The van der Waals surface area contributed by atoms with Gasteiger partial charge in [-0.15, -0.1) is 0 Å². The molecule has 0 unspecified atom stereocenters.